The molecule has 1 aromatic carbocycles. The van der Waals surface area contributed by atoms with Crippen LogP contribution in [0.1, 0.15) is 40.2 Å². The first-order valence-electron chi connectivity index (χ1n) is 7.02. The topological polar surface area (TPSA) is 50.4 Å². The normalized spacial score (nSPS) is 11.5. The van der Waals surface area contributed by atoms with Crippen LogP contribution in [0.15, 0.2) is 24.3 Å². The van der Waals surface area contributed by atoms with E-state index in [1.807, 2.05) is 45.0 Å². The highest BCUT2D eigenvalue weighted by atomic mass is 16.5. The van der Waals surface area contributed by atoms with Crippen LogP contribution in [0.5, 0.6) is 5.75 Å². The van der Waals surface area contributed by atoms with E-state index >= 15 is 0 Å². The second kappa shape index (κ2) is 7.29. The minimum Gasteiger partial charge on any atom is -0.484 e. The van der Waals surface area contributed by atoms with E-state index in [4.69, 9.17) is 4.74 Å². The summed E-state index contributed by atoms with van der Waals surface area (Å²) in [4.78, 5) is 11.7. The monoisotopic (exact) mass is 278 g/mol. The standard InChI is InChI=1S/C16H26N2O2/c1-12(2)17-10-13-7-6-8-14(9-13)20-11-15(19)18-16(3,4)5/h6-9,12,17H,10-11H2,1-5H3,(H,18,19). The fraction of sp³-hybridized carbons (Fsp3) is 0.562. The molecule has 0 unspecified atom stereocenters. The zero-order valence-electron chi connectivity index (χ0n) is 13.1. The van der Waals surface area contributed by atoms with E-state index in [9.17, 15) is 4.79 Å². The van der Waals surface area contributed by atoms with Gasteiger partial charge >= 0.3 is 0 Å². The van der Waals surface area contributed by atoms with Gasteiger partial charge in [0.2, 0.25) is 0 Å². The van der Waals surface area contributed by atoms with Gasteiger partial charge in [0.1, 0.15) is 5.75 Å². The van der Waals surface area contributed by atoms with Crippen molar-refractivity contribution in [3.63, 3.8) is 0 Å². The minimum absolute atomic E-state index is 0.0400. The van der Waals surface area contributed by atoms with E-state index in [1.54, 1.807) is 0 Å². The van der Waals surface area contributed by atoms with Crippen LogP contribution >= 0.6 is 0 Å². The summed E-state index contributed by atoms with van der Waals surface area (Å²) in [5.41, 5.74) is 0.913. The van der Waals surface area contributed by atoms with Crippen molar-refractivity contribution >= 4 is 5.91 Å². The van der Waals surface area contributed by atoms with E-state index in [0.29, 0.717) is 6.04 Å². The summed E-state index contributed by atoms with van der Waals surface area (Å²) in [6, 6.07) is 8.24. The van der Waals surface area contributed by atoms with E-state index in [2.05, 4.69) is 24.5 Å². The average Bonchev–Trinajstić information content (AvgIpc) is 2.32. The van der Waals surface area contributed by atoms with Gasteiger partial charge in [0.05, 0.1) is 0 Å². The van der Waals surface area contributed by atoms with E-state index < -0.39 is 0 Å². The number of rotatable bonds is 6. The Bertz CT molecular complexity index is 436. The van der Waals surface area contributed by atoms with Crippen molar-refractivity contribution in [2.24, 2.45) is 0 Å². The Labute approximate surface area is 121 Å². The fourth-order valence-corrected chi connectivity index (χ4v) is 1.67. The summed E-state index contributed by atoms with van der Waals surface area (Å²) >= 11 is 0. The molecule has 0 aromatic heterocycles. The summed E-state index contributed by atoms with van der Waals surface area (Å²) in [5, 5.41) is 6.22. The molecule has 20 heavy (non-hydrogen) atoms. The van der Waals surface area contributed by atoms with Gasteiger partial charge < -0.3 is 15.4 Å². The molecule has 0 saturated heterocycles. The number of amides is 1. The molecule has 4 nitrogen and oxygen atoms in total. The SMILES string of the molecule is CC(C)NCc1cccc(OCC(=O)NC(C)(C)C)c1. The second-order valence-corrected chi connectivity index (χ2v) is 6.27. The zero-order valence-corrected chi connectivity index (χ0v) is 13.1. The summed E-state index contributed by atoms with van der Waals surface area (Å²) in [6.07, 6.45) is 0. The zero-order chi connectivity index (χ0) is 15.2. The minimum atomic E-state index is -0.233. The van der Waals surface area contributed by atoms with Crippen molar-refractivity contribution in [2.75, 3.05) is 6.61 Å². The number of nitrogens with one attached hydrogen (secondary N) is 2. The largest absolute Gasteiger partial charge is 0.484 e. The number of carbonyl (C=O) groups is 1. The number of hydrogen-bond acceptors (Lipinski definition) is 3. The number of carbonyl (C=O) groups excluding carboxylic acids is 1. The van der Waals surface area contributed by atoms with Gasteiger partial charge in [-0.15, -0.1) is 0 Å². The Kier molecular flexibility index (Phi) is 6.02. The predicted molar refractivity (Wildman–Crippen MR) is 81.8 cm³/mol. The second-order valence-electron chi connectivity index (χ2n) is 6.27. The van der Waals surface area contributed by atoms with Crippen molar-refractivity contribution in [2.45, 2.75) is 52.7 Å². The van der Waals surface area contributed by atoms with Crippen LogP contribution < -0.4 is 15.4 Å². The van der Waals surface area contributed by atoms with Crippen molar-refractivity contribution in [1.29, 1.82) is 0 Å². The molecule has 0 fully saturated rings. The van der Waals surface area contributed by atoms with Gasteiger partial charge in [-0.3, -0.25) is 4.79 Å². The number of ether oxygens (including phenoxy) is 1. The van der Waals surface area contributed by atoms with Crippen LogP contribution in [0.25, 0.3) is 0 Å². The first kappa shape index (κ1) is 16.5. The fourth-order valence-electron chi connectivity index (χ4n) is 1.67. The Morgan fingerprint density at radius 2 is 2.00 bits per heavy atom. The van der Waals surface area contributed by atoms with Crippen LogP contribution in [0.3, 0.4) is 0 Å². The Balaban J connectivity index is 2.48. The molecule has 1 amide bonds. The van der Waals surface area contributed by atoms with Gasteiger partial charge in [-0.05, 0) is 38.5 Å². The Morgan fingerprint density at radius 3 is 2.60 bits per heavy atom. The first-order valence-corrected chi connectivity index (χ1v) is 7.02. The van der Waals surface area contributed by atoms with Crippen LogP contribution in [0.2, 0.25) is 0 Å². The molecule has 0 aliphatic rings. The van der Waals surface area contributed by atoms with Gasteiger partial charge in [0.25, 0.3) is 5.91 Å². The Morgan fingerprint density at radius 1 is 1.30 bits per heavy atom. The lowest BCUT2D eigenvalue weighted by atomic mass is 10.1. The molecule has 0 spiro atoms. The van der Waals surface area contributed by atoms with Gasteiger partial charge in [0.15, 0.2) is 6.61 Å². The molecule has 0 radical (unpaired) electrons. The van der Waals surface area contributed by atoms with Crippen LogP contribution in [0.4, 0.5) is 0 Å². The Hall–Kier alpha value is -1.55. The number of benzene rings is 1. The van der Waals surface area contributed by atoms with E-state index in [-0.39, 0.29) is 18.1 Å². The molecule has 0 aliphatic carbocycles. The third kappa shape index (κ3) is 7.14. The van der Waals surface area contributed by atoms with Crippen molar-refractivity contribution in [3.8, 4) is 5.75 Å². The molecule has 0 saturated carbocycles. The number of hydrogen-bond donors (Lipinski definition) is 2. The molecule has 0 heterocycles. The van der Waals surface area contributed by atoms with Crippen molar-refractivity contribution in [1.82, 2.24) is 10.6 Å². The first-order chi connectivity index (χ1) is 9.26. The van der Waals surface area contributed by atoms with Gasteiger partial charge in [-0.2, -0.15) is 0 Å². The van der Waals surface area contributed by atoms with Crippen LogP contribution in [-0.4, -0.2) is 24.1 Å². The molecule has 1 aromatic rings. The predicted octanol–water partition coefficient (Wildman–Crippen LogP) is 2.48. The quantitative estimate of drug-likeness (QED) is 0.840. The van der Waals surface area contributed by atoms with Crippen LogP contribution in [-0.2, 0) is 11.3 Å². The summed E-state index contributed by atoms with van der Waals surface area (Å²) in [7, 11) is 0. The average molecular weight is 278 g/mol. The molecule has 0 bridgehead atoms. The lowest BCUT2D eigenvalue weighted by molar-refractivity contribution is -0.124. The van der Waals surface area contributed by atoms with Gasteiger partial charge in [-0.1, -0.05) is 26.0 Å². The van der Waals surface area contributed by atoms with Crippen molar-refractivity contribution < 1.29 is 9.53 Å². The molecular formula is C16H26N2O2. The molecule has 2 N–H and O–H groups in total. The molecule has 0 atom stereocenters. The van der Waals surface area contributed by atoms with Crippen LogP contribution in [0, 0.1) is 0 Å². The summed E-state index contributed by atoms with van der Waals surface area (Å²) in [5.74, 6) is 0.611. The highest BCUT2D eigenvalue weighted by molar-refractivity contribution is 5.78. The molecule has 112 valence electrons. The lowest BCUT2D eigenvalue weighted by Gasteiger charge is -2.20. The maximum absolute atomic E-state index is 11.7. The van der Waals surface area contributed by atoms with Crippen molar-refractivity contribution in [3.05, 3.63) is 29.8 Å². The molecule has 1 rings (SSSR count). The third-order valence-electron chi connectivity index (χ3n) is 2.50. The highest BCUT2D eigenvalue weighted by Crippen LogP contribution is 2.13. The highest BCUT2D eigenvalue weighted by Gasteiger charge is 2.13. The summed E-state index contributed by atoms with van der Waals surface area (Å²) < 4.78 is 5.52. The van der Waals surface area contributed by atoms with E-state index in [1.165, 1.54) is 0 Å². The third-order valence-corrected chi connectivity index (χ3v) is 2.50. The lowest BCUT2D eigenvalue weighted by Crippen LogP contribution is -2.43. The van der Waals surface area contributed by atoms with Gasteiger partial charge in [0, 0.05) is 18.1 Å². The summed E-state index contributed by atoms with van der Waals surface area (Å²) in [6.45, 7) is 10.9. The molecule has 4 heteroatoms. The maximum atomic E-state index is 11.7. The maximum Gasteiger partial charge on any atom is 0.258 e. The molecule has 0 aliphatic heterocycles. The van der Waals surface area contributed by atoms with Gasteiger partial charge in [-0.25, -0.2) is 0 Å². The molecular weight excluding hydrogens is 252 g/mol. The smallest absolute Gasteiger partial charge is 0.258 e. The van der Waals surface area contributed by atoms with E-state index in [0.717, 1.165) is 17.9 Å².